The summed E-state index contributed by atoms with van der Waals surface area (Å²) in [6.45, 7) is 11.1. The molecule has 2 heteroatoms. The molecular formula is C24H28N2. The van der Waals surface area contributed by atoms with Crippen LogP contribution in [-0.2, 0) is 0 Å². The van der Waals surface area contributed by atoms with E-state index in [0.29, 0.717) is 5.92 Å². The second-order valence-electron chi connectivity index (χ2n) is 7.22. The Hall–Kier alpha value is -2.61. The summed E-state index contributed by atoms with van der Waals surface area (Å²) < 4.78 is 0. The molecule has 0 radical (unpaired) electrons. The minimum absolute atomic E-state index is 0.438. The maximum absolute atomic E-state index is 4.83. The summed E-state index contributed by atoms with van der Waals surface area (Å²) in [6, 6.07) is 18.8. The van der Waals surface area contributed by atoms with Crippen LogP contribution in [0.15, 0.2) is 82.0 Å². The van der Waals surface area contributed by atoms with Gasteiger partial charge in [-0.1, -0.05) is 59.7 Å². The summed E-state index contributed by atoms with van der Waals surface area (Å²) in [5.74, 6) is 0.438. The van der Waals surface area contributed by atoms with Gasteiger partial charge in [-0.2, -0.15) is 5.10 Å². The highest BCUT2D eigenvalue weighted by molar-refractivity contribution is 6.01. The summed E-state index contributed by atoms with van der Waals surface area (Å²) in [5, 5.41) is 4.83. The lowest BCUT2D eigenvalue weighted by molar-refractivity contribution is 0.757. The Kier molecular flexibility index (Phi) is 5.41. The first-order chi connectivity index (χ1) is 12.5. The maximum Gasteiger partial charge on any atom is 0.0688 e. The number of para-hydroxylation sites is 1. The van der Waals surface area contributed by atoms with E-state index in [1.165, 1.54) is 33.4 Å². The molecule has 3 rings (SSSR count). The van der Waals surface area contributed by atoms with E-state index < -0.39 is 0 Å². The number of aryl methyl sites for hydroxylation is 1. The van der Waals surface area contributed by atoms with Crippen molar-refractivity contribution in [3.63, 3.8) is 0 Å². The molecule has 1 aliphatic rings. The Morgan fingerprint density at radius 3 is 2.00 bits per heavy atom. The van der Waals surface area contributed by atoms with Crippen LogP contribution >= 0.6 is 0 Å². The molecule has 1 N–H and O–H groups in total. The van der Waals surface area contributed by atoms with E-state index in [1.807, 2.05) is 6.07 Å². The predicted octanol–water partition coefficient (Wildman–Crippen LogP) is 6.50. The van der Waals surface area contributed by atoms with Gasteiger partial charge >= 0.3 is 0 Å². The number of hydrogen-bond acceptors (Lipinski definition) is 2. The molecule has 2 aromatic carbocycles. The molecule has 26 heavy (non-hydrogen) atoms. The first-order valence-electron chi connectivity index (χ1n) is 9.27. The van der Waals surface area contributed by atoms with Crippen molar-refractivity contribution in [1.29, 1.82) is 0 Å². The molecule has 0 spiro atoms. The maximum atomic E-state index is 4.83. The molecule has 0 unspecified atom stereocenters. The third-order valence-electron chi connectivity index (χ3n) is 5.75. The van der Waals surface area contributed by atoms with E-state index in [4.69, 9.17) is 5.10 Å². The second kappa shape index (κ2) is 7.74. The fourth-order valence-electron chi connectivity index (χ4n) is 3.62. The number of rotatable bonds is 5. The van der Waals surface area contributed by atoms with Gasteiger partial charge in [0, 0.05) is 12.3 Å². The first-order valence-corrected chi connectivity index (χ1v) is 9.27. The van der Waals surface area contributed by atoms with Crippen molar-refractivity contribution < 1.29 is 0 Å². The molecule has 0 fully saturated rings. The number of nitrogens with one attached hydrogen (secondary N) is 1. The summed E-state index contributed by atoms with van der Waals surface area (Å²) in [5.41, 5.74) is 13.6. The van der Waals surface area contributed by atoms with E-state index in [0.717, 1.165) is 17.8 Å². The molecule has 0 saturated carbocycles. The van der Waals surface area contributed by atoms with Gasteiger partial charge in [-0.25, -0.2) is 0 Å². The van der Waals surface area contributed by atoms with Gasteiger partial charge in [-0.15, -0.1) is 0 Å². The number of anilines is 1. The highest BCUT2D eigenvalue weighted by Gasteiger charge is 2.26. The van der Waals surface area contributed by atoms with Crippen LogP contribution in [0.25, 0.3) is 0 Å². The van der Waals surface area contributed by atoms with Gasteiger partial charge in [0.1, 0.15) is 0 Å². The van der Waals surface area contributed by atoms with E-state index >= 15 is 0 Å². The SMILES string of the molecule is CC1=C(C)C(CC(=NNc2ccccc2C)c2ccccc2)C(C)=C1C. The summed E-state index contributed by atoms with van der Waals surface area (Å²) >= 11 is 0. The van der Waals surface area contributed by atoms with Gasteiger partial charge in [0.15, 0.2) is 0 Å². The lowest BCUT2D eigenvalue weighted by Crippen LogP contribution is -2.13. The van der Waals surface area contributed by atoms with Crippen molar-refractivity contribution >= 4 is 11.4 Å². The number of hydrogen-bond donors (Lipinski definition) is 1. The van der Waals surface area contributed by atoms with Gasteiger partial charge in [-0.05, 0) is 63.0 Å². The highest BCUT2D eigenvalue weighted by Crippen LogP contribution is 2.39. The third kappa shape index (κ3) is 3.65. The van der Waals surface area contributed by atoms with Crippen LogP contribution in [0.4, 0.5) is 5.69 Å². The zero-order valence-electron chi connectivity index (χ0n) is 16.4. The minimum atomic E-state index is 0.438. The van der Waals surface area contributed by atoms with Crippen LogP contribution in [0.1, 0.15) is 45.2 Å². The Labute approximate surface area is 157 Å². The Morgan fingerprint density at radius 1 is 0.808 bits per heavy atom. The van der Waals surface area contributed by atoms with Gasteiger partial charge in [0.05, 0.1) is 11.4 Å². The van der Waals surface area contributed by atoms with Crippen molar-refractivity contribution in [2.75, 3.05) is 5.43 Å². The number of nitrogens with zero attached hydrogens (tertiary/aromatic N) is 1. The largest absolute Gasteiger partial charge is 0.278 e. The van der Waals surface area contributed by atoms with Crippen molar-refractivity contribution in [2.24, 2.45) is 11.0 Å². The molecule has 0 heterocycles. The van der Waals surface area contributed by atoms with Crippen molar-refractivity contribution in [3.8, 4) is 0 Å². The van der Waals surface area contributed by atoms with Gasteiger partial charge < -0.3 is 0 Å². The molecule has 0 bridgehead atoms. The monoisotopic (exact) mass is 344 g/mol. The molecule has 0 atom stereocenters. The molecular weight excluding hydrogens is 316 g/mol. The van der Waals surface area contributed by atoms with Gasteiger partial charge in [0.2, 0.25) is 0 Å². The van der Waals surface area contributed by atoms with Gasteiger partial charge in [0.25, 0.3) is 0 Å². The van der Waals surface area contributed by atoms with Crippen LogP contribution in [0, 0.1) is 12.8 Å². The van der Waals surface area contributed by atoms with E-state index in [2.05, 4.69) is 88.6 Å². The van der Waals surface area contributed by atoms with Crippen molar-refractivity contribution in [2.45, 2.75) is 41.0 Å². The predicted molar refractivity (Wildman–Crippen MR) is 113 cm³/mol. The first kappa shape index (κ1) is 18.2. The number of benzene rings is 2. The molecule has 0 aromatic heterocycles. The molecule has 1 aliphatic carbocycles. The fourth-order valence-corrected chi connectivity index (χ4v) is 3.62. The topological polar surface area (TPSA) is 24.4 Å². The van der Waals surface area contributed by atoms with E-state index in [9.17, 15) is 0 Å². The molecule has 2 nitrogen and oxygen atoms in total. The van der Waals surface area contributed by atoms with Crippen molar-refractivity contribution in [1.82, 2.24) is 0 Å². The van der Waals surface area contributed by atoms with Crippen LogP contribution in [0.3, 0.4) is 0 Å². The quantitative estimate of drug-likeness (QED) is 0.485. The summed E-state index contributed by atoms with van der Waals surface area (Å²) in [7, 11) is 0. The Bertz CT molecular complexity index is 861. The molecule has 134 valence electrons. The van der Waals surface area contributed by atoms with E-state index in [1.54, 1.807) is 0 Å². The van der Waals surface area contributed by atoms with Crippen LogP contribution in [-0.4, -0.2) is 5.71 Å². The molecule has 0 amide bonds. The smallest absolute Gasteiger partial charge is 0.0688 e. The lowest BCUT2D eigenvalue weighted by Gasteiger charge is -2.17. The highest BCUT2D eigenvalue weighted by atomic mass is 15.3. The van der Waals surface area contributed by atoms with Crippen molar-refractivity contribution in [3.05, 3.63) is 88.0 Å². The molecule has 0 saturated heterocycles. The van der Waals surface area contributed by atoms with Gasteiger partial charge in [-0.3, -0.25) is 5.43 Å². The third-order valence-corrected chi connectivity index (χ3v) is 5.75. The zero-order chi connectivity index (χ0) is 18.7. The molecule has 0 aliphatic heterocycles. The Balaban J connectivity index is 1.93. The fraction of sp³-hybridized carbons (Fsp3) is 0.292. The van der Waals surface area contributed by atoms with Crippen LogP contribution < -0.4 is 5.43 Å². The normalized spacial score (nSPS) is 15.8. The standard InChI is InChI=1S/C24H28N2/c1-16-11-9-10-14-23(16)25-26-24(21-12-7-6-8-13-21)15-22-19(4)17(2)18(3)20(22)5/h6-14,22,25H,15H2,1-5H3. The van der Waals surface area contributed by atoms with Crippen LogP contribution in [0.5, 0.6) is 0 Å². The summed E-state index contributed by atoms with van der Waals surface area (Å²) in [4.78, 5) is 0. The number of hydrazone groups is 1. The average molecular weight is 345 g/mol. The Morgan fingerprint density at radius 2 is 1.38 bits per heavy atom. The zero-order valence-corrected chi connectivity index (χ0v) is 16.4. The lowest BCUT2D eigenvalue weighted by atomic mass is 9.89. The second-order valence-corrected chi connectivity index (χ2v) is 7.22. The summed E-state index contributed by atoms with van der Waals surface area (Å²) in [6.07, 6.45) is 0.912. The average Bonchev–Trinajstić information content (AvgIpc) is 2.84. The number of allylic oxidation sites excluding steroid dienone is 4. The van der Waals surface area contributed by atoms with E-state index in [-0.39, 0.29) is 0 Å². The van der Waals surface area contributed by atoms with Crippen LogP contribution in [0.2, 0.25) is 0 Å². The molecule has 2 aromatic rings. The minimum Gasteiger partial charge on any atom is -0.278 e.